The van der Waals surface area contributed by atoms with Crippen LogP contribution in [0, 0.1) is 6.92 Å². The van der Waals surface area contributed by atoms with E-state index in [4.69, 9.17) is 15.2 Å². The maximum atomic E-state index is 13.7. The molecule has 13 heteroatoms. The molecule has 0 saturated carbocycles. The summed E-state index contributed by atoms with van der Waals surface area (Å²) in [6, 6.07) is 13.4. The molecule has 9 nitrogen and oxygen atoms in total. The third kappa shape index (κ3) is 5.45. The molecule has 2 amide bonds. The van der Waals surface area contributed by atoms with Crippen molar-refractivity contribution >= 4 is 50.4 Å². The van der Waals surface area contributed by atoms with Crippen molar-refractivity contribution < 1.29 is 27.8 Å². The summed E-state index contributed by atoms with van der Waals surface area (Å²) in [6.45, 7) is 1.93. The summed E-state index contributed by atoms with van der Waals surface area (Å²) in [7, 11) is 1.57. The topological polar surface area (TPSA) is 121 Å². The van der Waals surface area contributed by atoms with Crippen LogP contribution in [-0.4, -0.2) is 33.7 Å². The number of alkyl halides is 2. The van der Waals surface area contributed by atoms with Crippen molar-refractivity contribution in [2.75, 3.05) is 12.4 Å². The van der Waals surface area contributed by atoms with Gasteiger partial charge in [0.1, 0.15) is 26.9 Å². The van der Waals surface area contributed by atoms with Gasteiger partial charge in [-0.05, 0) is 55.5 Å². The Bertz CT molecular complexity index is 1680. The van der Waals surface area contributed by atoms with Crippen molar-refractivity contribution in [3.63, 3.8) is 0 Å². The molecule has 0 bridgehead atoms. The van der Waals surface area contributed by atoms with Gasteiger partial charge in [0, 0.05) is 26.9 Å². The molecule has 0 saturated heterocycles. The molecule has 0 unspecified atom stereocenters. The highest BCUT2D eigenvalue weighted by molar-refractivity contribution is 7.21. The number of nitrogens with one attached hydrogen (secondary N) is 1. The van der Waals surface area contributed by atoms with E-state index in [0.717, 1.165) is 16.2 Å². The Morgan fingerprint density at radius 3 is 2.49 bits per heavy atom. The predicted octanol–water partition coefficient (Wildman–Crippen LogP) is 5.86. The first kappa shape index (κ1) is 26.3. The van der Waals surface area contributed by atoms with E-state index in [1.54, 1.807) is 43.6 Å². The predicted molar refractivity (Wildman–Crippen MR) is 145 cm³/mol. The van der Waals surface area contributed by atoms with E-state index in [2.05, 4.69) is 15.4 Å². The highest BCUT2D eigenvalue weighted by Gasteiger charge is 2.26. The van der Waals surface area contributed by atoms with E-state index in [1.807, 2.05) is 13.0 Å². The zero-order valence-electron chi connectivity index (χ0n) is 20.6. The van der Waals surface area contributed by atoms with E-state index in [-0.39, 0.29) is 27.8 Å². The van der Waals surface area contributed by atoms with Gasteiger partial charge >= 0.3 is 0 Å². The van der Waals surface area contributed by atoms with Crippen LogP contribution < -0.4 is 20.5 Å². The lowest BCUT2D eigenvalue weighted by Crippen LogP contribution is -2.17. The fourth-order valence-electron chi connectivity index (χ4n) is 3.84. The van der Waals surface area contributed by atoms with Crippen LogP contribution in [0.25, 0.3) is 20.7 Å². The van der Waals surface area contributed by atoms with Gasteiger partial charge in [-0.15, -0.1) is 22.7 Å². The quantitative estimate of drug-likeness (QED) is 0.229. The minimum atomic E-state index is -2.82. The van der Waals surface area contributed by atoms with Crippen molar-refractivity contribution in [3.8, 4) is 21.9 Å². The van der Waals surface area contributed by atoms with Crippen LogP contribution in [0.5, 0.6) is 11.5 Å². The van der Waals surface area contributed by atoms with Crippen LogP contribution in [0.4, 0.5) is 14.5 Å². The first-order valence-corrected chi connectivity index (χ1v) is 13.1. The average Bonchev–Trinajstić information content (AvgIpc) is 3.66. The number of anilines is 1. The first-order chi connectivity index (χ1) is 18.7. The Hall–Kier alpha value is -4.36. The van der Waals surface area contributed by atoms with Crippen molar-refractivity contribution in [1.82, 2.24) is 14.8 Å². The molecule has 0 atom stereocenters. The number of thiophene rings is 2. The number of pyridine rings is 1. The molecular weight excluding hydrogens is 548 g/mol. The van der Waals surface area contributed by atoms with Crippen LogP contribution >= 0.6 is 22.7 Å². The summed E-state index contributed by atoms with van der Waals surface area (Å²) in [5, 5.41) is 7.32. The number of fused-ring (bicyclic) bond motifs is 1. The van der Waals surface area contributed by atoms with Gasteiger partial charge in [-0.25, -0.2) is 18.4 Å². The van der Waals surface area contributed by atoms with Gasteiger partial charge in [0.2, 0.25) is 0 Å². The van der Waals surface area contributed by atoms with Gasteiger partial charge in [-0.1, -0.05) is 0 Å². The second kappa shape index (κ2) is 10.8. The Labute approximate surface area is 228 Å². The van der Waals surface area contributed by atoms with Gasteiger partial charge in [-0.2, -0.15) is 5.10 Å². The number of aromatic nitrogens is 3. The Morgan fingerprint density at radius 2 is 1.85 bits per heavy atom. The number of benzene rings is 1. The molecule has 200 valence electrons. The highest BCUT2D eigenvalue weighted by atomic mass is 32.1. The number of amides is 2. The number of ether oxygens (including phenoxy) is 2. The molecule has 4 heterocycles. The van der Waals surface area contributed by atoms with Crippen LogP contribution in [0.15, 0.2) is 54.7 Å². The first-order valence-electron chi connectivity index (χ1n) is 11.5. The SMILES string of the molecule is COc1ccc(OCn2ccc(C(=O)Nc3c(C(N)=O)sc4nc(C(F)F)cc(-c5ccc(C)s5)c34)n2)cc1. The lowest BCUT2D eigenvalue weighted by atomic mass is 10.1. The second-order valence-corrected chi connectivity index (χ2v) is 10.6. The average molecular weight is 570 g/mol. The third-order valence-corrected chi connectivity index (χ3v) is 7.80. The molecule has 4 aromatic heterocycles. The summed E-state index contributed by atoms with van der Waals surface area (Å²) >= 11 is 2.24. The Morgan fingerprint density at radius 1 is 1.10 bits per heavy atom. The fourth-order valence-corrected chi connectivity index (χ4v) is 5.74. The van der Waals surface area contributed by atoms with Gasteiger partial charge in [0.25, 0.3) is 18.2 Å². The number of halogens is 2. The zero-order chi connectivity index (χ0) is 27.7. The molecular formula is C26H21F2N5O4S2. The van der Waals surface area contributed by atoms with Crippen molar-refractivity contribution in [2.24, 2.45) is 5.73 Å². The molecule has 0 spiro atoms. The molecule has 0 aliphatic heterocycles. The summed E-state index contributed by atoms with van der Waals surface area (Å²) in [4.78, 5) is 31.4. The van der Waals surface area contributed by atoms with Crippen LogP contribution in [0.2, 0.25) is 0 Å². The van der Waals surface area contributed by atoms with Crippen LogP contribution in [0.3, 0.4) is 0 Å². The van der Waals surface area contributed by atoms with Crippen molar-refractivity contribution in [2.45, 2.75) is 20.1 Å². The maximum absolute atomic E-state index is 13.7. The summed E-state index contributed by atoms with van der Waals surface area (Å²) in [6.07, 6.45) is -1.26. The molecule has 0 fully saturated rings. The second-order valence-electron chi connectivity index (χ2n) is 8.30. The molecule has 5 rings (SSSR count). The van der Waals surface area contributed by atoms with Crippen molar-refractivity contribution in [1.29, 1.82) is 0 Å². The smallest absolute Gasteiger partial charge is 0.280 e. The molecule has 0 aliphatic rings. The molecule has 5 aromatic rings. The Balaban J connectivity index is 1.46. The minimum absolute atomic E-state index is 0.00549. The molecule has 0 aliphatic carbocycles. The third-order valence-electron chi connectivity index (χ3n) is 5.67. The van der Waals surface area contributed by atoms with E-state index in [0.29, 0.717) is 27.3 Å². The van der Waals surface area contributed by atoms with Gasteiger partial charge in [0.05, 0.1) is 12.8 Å². The number of aryl methyl sites for hydroxylation is 1. The van der Waals surface area contributed by atoms with E-state index in [1.165, 1.54) is 28.2 Å². The maximum Gasteiger partial charge on any atom is 0.280 e. The van der Waals surface area contributed by atoms with Gasteiger partial charge < -0.3 is 20.5 Å². The molecule has 1 aromatic carbocycles. The zero-order valence-corrected chi connectivity index (χ0v) is 22.2. The fraction of sp³-hybridized carbons (Fsp3) is 0.154. The Kier molecular flexibility index (Phi) is 7.26. The monoisotopic (exact) mass is 569 g/mol. The standard InChI is InChI=1S/C26H21F2N5O4S2/c1-13-3-8-19(38-13)16-11-18(23(27)28)30-26-20(16)21(22(39-26)24(29)34)31-25(35)17-9-10-33(32-17)12-37-15-6-4-14(36-2)5-7-15/h3-11,23H,12H2,1-2H3,(H2,29,34)(H,31,35). The number of rotatable bonds is 9. The number of hydrogen-bond donors (Lipinski definition) is 2. The van der Waals surface area contributed by atoms with Gasteiger partial charge in [0.15, 0.2) is 12.4 Å². The number of primary amides is 1. The van der Waals surface area contributed by atoms with Crippen LogP contribution in [-0.2, 0) is 6.73 Å². The van der Waals surface area contributed by atoms with E-state index >= 15 is 0 Å². The summed E-state index contributed by atoms with van der Waals surface area (Å²) < 4.78 is 39.5. The largest absolute Gasteiger partial charge is 0.497 e. The normalized spacial score (nSPS) is 11.2. The number of methoxy groups -OCH3 is 1. The molecule has 0 radical (unpaired) electrons. The molecule has 39 heavy (non-hydrogen) atoms. The number of nitrogens with zero attached hydrogens (tertiary/aromatic N) is 3. The lowest BCUT2D eigenvalue weighted by molar-refractivity contribution is 0.100. The van der Waals surface area contributed by atoms with Crippen LogP contribution in [0.1, 0.15) is 37.2 Å². The van der Waals surface area contributed by atoms with E-state index < -0.39 is 23.9 Å². The van der Waals surface area contributed by atoms with Gasteiger partial charge in [-0.3, -0.25) is 9.59 Å². The van der Waals surface area contributed by atoms with E-state index in [9.17, 15) is 18.4 Å². The number of hydrogen-bond acceptors (Lipinski definition) is 8. The lowest BCUT2D eigenvalue weighted by Gasteiger charge is -2.09. The van der Waals surface area contributed by atoms with Crippen molar-refractivity contribution in [3.05, 3.63) is 75.9 Å². The number of carbonyl (C=O) groups excluding carboxylic acids is 2. The highest BCUT2D eigenvalue weighted by Crippen LogP contribution is 2.44. The molecule has 3 N–H and O–H groups in total. The minimum Gasteiger partial charge on any atom is -0.497 e. The summed E-state index contributed by atoms with van der Waals surface area (Å²) in [5.41, 5.74) is 5.74. The number of nitrogens with two attached hydrogens (primary N) is 1. The number of carbonyl (C=O) groups is 2. The summed E-state index contributed by atoms with van der Waals surface area (Å²) in [5.74, 6) is -0.167.